The standard InChI is InChI=1S/C19H24FN5.HI/c1-3-21-19(24-16-6-4-5-7-16)23-13-15-8-9-18(17(20)12-15)25-11-10-22-14(25)2;/h4-5,8-12,16H,3,6-7,13H2,1-2H3,(H2,21,23,24);1H. The van der Waals surface area contributed by atoms with Crippen LogP contribution >= 0.6 is 24.0 Å². The largest absolute Gasteiger partial charge is 0.357 e. The second kappa shape index (κ2) is 9.70. The van der Waals surface area contributed by atoms with Gasteiger partial charge in [0.05, 0.1) is 12.2 Å². The smallest absolute Gasteiger partial charge is 0.191 e. The second-order valence-corrected chi connectivity index (χ2v) is 6.11. The highest BCUT2D eigenvalue weighted by Gasteiger charge is 2.12. The second-order valence-electron chi connectivity index (χ2n) is 6.11. The molecule has 0 amide bonds. The summed E-state index contributed by atoms with van der Waals surface area (Å²) < 4.78 is 16.2. The van der Waals surface area contributed by atoms with Crippen LogP contribution in [0.25, 0.3) is 5.69 Å². The molecule has 140 valence electrons. The van der Waals surface area contributed by atoms with Gasteiger partial charge in [-0.2, -0.15) is 0 Å². The number of halogens is 2. The third kappa shape index (κ3) is 5.06. The van der Waals surface area contributed by atoms with Crippen LogP contribution in [0, 0.1) is 12.7 Å². The summed E-state index contributed by atoms with van der Waals surface area (Å²) >= 11 is 0. The first-order valence-corrected chi connectivity index (χ1v) is 8.66. The molecule has 0 bridgehead atoms. The fourth-order valence-electron chi connectivity index (χ4n) is 2.90. The lowest BCUT2D eigenvalue weighted by molar-refractivity contribution is 0.613. The normalized spacial score (nSPS) is 14.3. The lowest BCUT2D eigenvalue weighted by atomic mass is 10.2. The maximum absolute atomic E-state index is 14.5. The highest BCUT2D eigenvalue weighted by Crippen LogP contribution is 2.17. The van der Waals surface area contributed by atoms with Gasteiger partial charge >= 0.3 is 0 Å². The number of hydrogen-bond acceptors (Lipinski definition) is 2. The average Bonchev–Trinajstić information content (AvgIpc) is 3.25. The zero-order valence-corrected chi connectivity index (χ0v) is 17.4. The van der Waals surface area contributed by atoms with Crippen molar-refractivity contribution >= 4 is 29.9 Å². The highest BCUT2D eigenvalue weighted by molar-refractivity contribution is 14.0. The van der Waals surface area contributed by atoms with Gasteiger partial charge in [-0.25, -0.2) is 14.4 Å². The fraction of sp³-hybridized carbons (Fsp3) is 0.368. The van der Waals surface area contributed by atoms with E-state index in [1.54, 1.807) is 29.1 Å². The van der Waals surface area contributed by atoms with Crippen LogP contribution in [0.2, 0.25) is 0 Å². The maximum Gasteiger partial charge on any atom is 0.191 e. The summed E-state index contributed by atoms with van der Waals surface area (Å²) in [5, 5.41) is 6.65. The topological polar surface area (TPSA) is 54.2 Å². The van der Waals surface area contributed by atoms with Crippen LogP contribution in [0.5, 0.6) is 0 Å². The molecule has 5 nitrogen and oxygen atoms in total. The fourth-order valence-corrected chi connectivity index (χ4v) is 2.90. The molecule has 0 fully saturated rings. The maximum atomic E-state index is 14.5. The average molecular weight is 469 g/mol. The number of nitrogens with one attached hydrogen (secondary N) is 2. The zero-order chi connectivity index (χ0) is 17.6. The molecule has 2 aromatic rings. The molecule has 0 spiro atoms. The van der Waals surface area contributed by atoms with Crippen molar-refractivity contribution in [2.75, 3.05) is 6.54 Å². The molecule has 1 aliphatic carbocycles. The summed E-state index contributed by atoms with van der Waals surface area (Å²) in [5.74, 6) is 1.26. The van der Waals surface area contributed by atoms with Crippen molar-refractivity contribution in [1.29, 1.82) is 0 Å². The molecule has 0 radical (unpaired) electrons. The van der Waals surface area contributed by atoms with Crippen molar-refractivity contribution in [3.05, 3.63) is 59.9 Å². The molecule has 3 rings (SSSR count). The SMILES string of the molecule is CCNC(=NCc1ccc(-n2ccnc2C)c(F)c1)NC1CC=CC1.I. The van der Waals surface area contributed by atoms with Crippen molar-refractivity contribution in [3.8, 4) is 5.69 Å². The van der Waals surface area contributed by atoms with Gasteiger partial charge in [-0.1, -0.05) is 18.2 Å². The van der Waals surface area contributed by atoms with Crippen molar-refractivity contribution in [1.82, 2.24) is 20.2 Å². The Hall–Kier alpha value is -1.90. The molecule has 1 aliphatic rings. The minimum atomic E-state index is -0.272. The molecule has 7 heteroatoms. The number of aromatic nitrogens is 2. The van der Waals surface area contributed by atoms with Gasteiger partial charge in [-0.3, -0.25) is 0 Å². The number of guanidine groups is 1. The summed E-state index contributed by atoms with van der Waals surface area (Å²) in [5.41, 5.74) is 1.34. The van der Waals surface area contributed by atoms with E-state index in [-0.39, 0.29) is 29.8 Å². The Bertz CT molecular complexity index is 776. The molecular formula is C19H25FIN5. The first-order chi connectivity index (χ1) is 12.2. The number of benzene rings is 1. The number of nitrogens with zero attached hydrogens (tertiary/aromatic N) is 3. The molecular weight excluding hydrogens is 444 g/mol. The highest BCUT2D eigenvalue weighted by atomic mass is 127. The van der Waals surface area contributed by atoms with Crippen LogP contribution in [-0.4, -0.2) is 28.1 Å². The minimum Gasteiger partial charge on any atom is -0.357 e. The lowest BCUT2D eigenvalue weighted by Crippen LogP contribution is -2.42. The molecule has 26 heavy (non-hydrogen) atoms. The van der Waals surface area contributed by atoms with Crippen LogP contribution in [0.15, 0.2) is 47.7 Å². The third-order valence-corrected chi connectivity index (χ3v) is 4.21. The summed E-state index contributed by atoms with van der Waals surface area (Å²) in [4.78, 5) is 8.72. The van der Waals surface area contributed by atoms with E-state index in [0.717, 1.165) is 36.7 Å². The van der Waals surface area contributed by atoms with Gasteiger partial charge < -0.3 is 15.2 Å². The van der Waals surface area contributed by atoms with Crippen LogP contribution in [-0.2, 0) is 6.54 Å². The number of imidazole rings is 1. The number of aryl methyl sites for hydroxylation is 1. The molecule has 2 N–H and O–H groups in total. The van der Waals surface area contributed by atoms with E-state index in [2.05, 4.69) is 32.8 Å². The molecule has 0 atom stereocenters. The van der Waals surface area contributed by atoms with Gasteiger partial charge in [0, 0.05) is 25.0 Å². The molecule has 0 saturated heterocycles. The predicted octanol–water partition coefficient (Wildman–Crippen LogP) is 3.71. The summed E-state index contributed by atoms with van der Waals surface area (Å²) in [6.07, 6.45) is 9.80. The van der Waals surface area contributed by atoms with Crippen molar-refractivity contribution in [3.63, 3.8) is 0 Å². The first-order valence-electron chi connectivity index (χ1n) is 8.66. The molecule has 1 heterocycles. The van der Waals surface area contributed by atoms with Crippen LogP contribution < -0.4 is 10.6 Å². The van der Waals surface area contributed by atoms with Gasteiger partial charge in [-0.05, 0) is 44.4 Å². The predicted molar refractivity (Wildman–Crippen MR) is 114 cm³/mol. The molecule has 0 saturated carbocycles. The summed E-state index contributed by atoms with van der Waals surface area (Å²) in [7, 11) is 0. The Labute approximate surface area is 170 Å². The first kappa shape index (κ1) is 20.4. The Morgan fingerprint density at radius 2 is 2.12 bits per heavy atom. The minimum absolute atomic E-state index is 0. The Balaban J connectivity index is 0.00000243. The molecule has 1 aromatic heterocycles. The summed E-state index contributed by atoms with van der Waals surface area (Å²) in [6.45, 7) is 5.10. The number of aliphatic imine (C=N–C) groups is 1. The van der Waals surface area contributed by atoms with E-state index < -0.39 is 0 Å². The van der Waals surface area contributed by atoms with Crippen molar-refractivity contribution < 1.29 is 4.39 Å². The molecule has 1 aromatic carbocycles. The Kier molecular flexibility index (Phi) is 7.62. The van der Waals surface area contributed by atoms with Gasteiger partial charge in [-0.15, -0.1) is 24.0 Å². The molecule has 0 unspecified atom stereocenters. The molecule has 0 aliphatic heterocycles. The van der Waals surface area contributed by atoms with Gasteiger partial charge in [0.1, 0.15) is 11.6 Å². The van der Waals surface area contributed by atoms with E-state index >= 15 is 0 Å². The van der Waals surface area contributed by atoms with E-state index in [1.165, 1.54) is 0 Å². The van der Waals surface area contributed by atoms with Crippen LogP contribution in [0.3, 0.4) is 0 Å². The van der Waals surface area contributed by atoms with E-state index in [0.29, 0.717) is 18.3 Å². The van der Waals surface area contributed by atoms with Gasteiger partial charge in [0.25, 0.3) is 0 Å². The monoisotopic (exact) mass is 469 g/mol. The van der Waals surface area contributed by atoms with E-state index in [1.807, 2.05) is 19.9 Å². The van der Waals surface area contributed by atoms with Crippen LogP contribution in [0.1, 0.15) is 31.2 Å². The zero-order valence-electron chi connectivity index (χ0n) is 15.1. The number of hydrogen-bond donors (Lipinski definition) is 2. The van der Waals surface area contributed by atoms with E-state index in [4.69, 9.17) is 0 Å². The Morgan fingerprint density at radius 1 is 1.35 bits per heavy atom. The van der Waals surface area contributed by atoms with Gasteiger partial charge in [0.15, 0.2) is 5.96 Å². The van der Waals surface area contributed by atoms with Gasteiger partial charge in [0.2, 0.25) is 0 Å². The van der Waals surface area contributed by atoms with Crippen LogP contribution in [0.4, 0.5) is 4.39 Å². The third-order valence-electron chi connectivity index (χ3n) is 4.21. The summed E-state index contributed by atoms with van der Waals surface area (Å²) in [6, 6.07) is 5.61. The Morgan fingerprint density at radius 3 is 2.73 bits per heavy atom. The number of rotatable bonds is 5. The van der Waals surface area contributed by atoms with Crippen molar-refractivity contribution in [2.45, 2.75) is 39.3 Å². The quantitative estimate of drug-likeness (QED) is 0.304. The van der Waals surface area contributed by atoms with E-state index in [9.17, 15) is 4.39 Å². The lowest BCUT2D eigenvalue weighted by Gasteiger charge is -2.16. The van der Waals surface area contributed by atoms with Crippen molar-refractivity contribution in [2.24, 2.45) is 4.99 Å².